The molecule has 0 heterocycles. The Balaban J connectivity index is 2.19. The van der Waals surface area contributed by atoms with Crippen molar-refractivity contribution < 1.29 is 4.79 Å². The predicted octanol–water partition coefficient (Wildman–Crippen LogP) is 2.04. The molecule has 17 heavy (non-hydrogen) atoms. The zero-order valence-electron chi connectivity index (χ0n) is 9.87. The fourth-order valence-corrected chi connectivity index (χ4v) is 1.91. The maximum atomic E-state index is 11.7. The Morgan fingerprint density at radius 1 is 1.47 bits per heavy atom. The first-order valence-electron chi connectivity index (χ1n) is 5.83. The van der Waals surface area contributed by atoms with Crippen LogP contribution in [-0.4, -0.2) is 12.5 Å². The van der Waals surface area contributed by atoms with Crippen molar-refractivity contribution >= 4 is 17.5 Å². The summed E-state index contributed by atoms with van der Waals surface area (Å²) in [6.45, 7) is 2.66. The number of benzene rings is 1. The maximum Gasteiger partial charge on any atom is 0.242 e. The van der Waals surface area contributed by atoms with Gasteiger partial charge >= 0.3 is 0 Å². The molecular weight excluding hydrogens is 236 g/mol. The van der Waals surface area contributed by atoms with Crippen LogP contribution >= 0.6 is 11.6 Å². The maximum absolute atomic E-state index is 11.7. The van der Waals surface area contributed by atoms with E-state index in [-0.39, 0.29) is 5.91 Å². The van der Waals surface area contributed by atoms with Crippen molar-refractivity contribution in [2.24, 2.45) is 11.7 Å². The summed E-state index contributed by atoms with van der Waals surface area (Å²) in [6.07, 6.45) is 2.48. The van der Waals surface area contributed by atoms with Crippen LogP contribution in [0.5, 0.6) is 0 Å². The number of rotatable bonds is 5. The second kappa shape index (κ2) is 4.67. The Morgan fingerprint density at radius 2 is 2.06 bits per heavy atom. The molecule has 0 bridgehead atoms. The minimum Gasteiger partial charge on any atom is -0.368 e. The Bertz CT molecular complexity index is 414. The molecule has 3 nitrogen and oxygen atoms in total. The van der Waals surface area contributed by atoms with Gasteiger partial charge in [-0.15, -0.1) is 0 Å². The lowest BCUT2D eigenvalue weighted by atomic mass is 9.91. The lowest BCUT2D eigenvalue weighted by molar-refractivity contribution is -0.124. The van der Waals surface area contributed by atoms with Crippen LogP contribution in [0.1, 0.15) is 25.3 Å². The first-order valence-corrected chi connectivity index (χ1v) is 6.21. The van der Waals surface area contributed by atoms with E-state index in [1.807, 2.05) is 19.1 Å². The van der Waals surface area contributed by atoms with Gasteiger partial charge < -0.3 is 5.73 Å². The van der Waals surface area contributed by atoms with Gasteiger partial charge in [0, 0.05) is 5.02 Å². The van der Waals surface area contributed by atoms with Gasteiger partial charge in [0.2, 0.25) is 5.91 Å². The fraction of sp³-hybridized carbons (Fsp3) is 0.462. The lowest BCUT2D eigenvalue weighted by Crippen LogP contribution is -2.51. The summed E-state index contributed by atoms with van der Waals surface area (Å²) in [7, 11) is 0. The molecule has 4 heteroatoms. The lowest BCUT2D eigenvalue weighted by Gasteiger charge is -2.28. The molecule has 3 N–H and O–H groups in total. The molecule has 1 aromatic carbocycles. The number of halogens is 1. The van der Waals surface area contributed by atoms with Crippen LogP contribution < -0.4 is 11.1 Å². The van der Waals surface area contributed by atoms with E-state index in [0.29, 0.717) is 10.9 Å². The van der Waals surface area contributed by atoms with Crippen LogP contribution in [0.4, 0.5) is 0 Å². The standard InChI is InChI=1S/C13H17ClN2O/c1-13(12(15)17,16-8-9-2-3-9)10-4-6-11(14)7-5-10/h4-7,9,16H,2-3,8H2,1H3,(H2,15,17). The zero-order valence-corrected chi connectivity index (χ0v) is 10.6. The van der Waals surface area contributed by atoms with Crippen molar-refractivity contribution in [3.8, 4) is 0 Å². The summed E-state index contributed by atoms with van der Waals surface area (Å²) in [5, 5.41) is 3.93. The van der Waals surface area contributed by atoms with Gasteiger partial charge in [0.05, 0.1) is 0 Å². The third-order valence-corrected chi connectivity index (χ3v) is 3.61. The molecule has 1 amide bonds. The van der Waals surface area contributed by atoms with Crippen LogP contribution in [0, 0.1) is 5.92 Å². The normalized spacial score (nSPS) is 18.7. The van der Waals surface area contributed by atoms with Gasteiger partial charge in [0.25, 0.3) is 0 Å². The molecule has 1 aromatic rings. The van der Waals surface area contributed by atoms with Crippen LogP contribution in [0.15, 0.2) is 24.3 Å². The summed E-state index contributed by atoms with van der Waals surface area (Å²) in [5.41, 5.74) is 5.56. The van der Waals surface area contributed by atoms with Gasteiger partial charge in [0.15, 0.2) is 0 Å². The minimum absolute atomic E-state index is 0.361. The summed E-state index contributed by atoms with van der Waals surface area (Å²) in [5.74, 6) is 0.335. The van der Waals surface area contributed by atoms with Crippen LogP contribution in [0.25, 0.3) is 0 Å². The van der Waals surface area contributed by atoms with E-state index in [0.717, 1.165) is 12.1 Å². The first-order chi connectivity index (χ1) is 8.02. The topological polar surface area (TPSA) is 55.1 Å². The second-order valence-corrected chi connectivity index (χ2v) is 5.26. The fourth-order valence-electron chi connectivity index (χ4n) is 1.79. The van der Waals surface area contributed by atoms with E-state index >= 15 is 0 Å². The van der Waals surface area contributed by atoms with Crippen molar-refractivity contribution in [2.45, 2.75) is 25.3 Å². The molecule has 1 atom stereocenters. The average molecular weight is 253 g/mol. The number of amides is 1. The van der Waals surface area contributed by atoms with Crippen molar-refractivity contribution in [2.75, 3.05) is 6.54 Å². The largest absolute Gasteiger partial charge is 0.368 e. The highest BCUT2D eigenvalue weighted by Crippen LogP contribution is 2.30. The van der Waals surface area contributed by atoms with Gasteiger partial charge in [0.1, 0.15) is 5.54 Å². The number of carbonyl (C=O) groups excluding carboxylic acids is 1. The number of hydrogen-bond donors (Lipinski definition) is 2. The smallest absolute Gasteiger partial charge is 0.242 e. The van der Waals surface area contributed by atoms with Gasteiger partial charge in [-0.25, -0.2) is 0 Å². The molecule has 1 fully saturated rings. The van der Waals surface area contributed by atoms with Crippen LogP contribution in [0.3, 0.4) is 0 Å². The summed E-state index contributed by atoms with van der Waals surface area (Å²) < 4.78 is 0. The number of primary amides is 1. The van der Waals surface area contributed by atoms with E-state index in [9.17, 15) is 4.79 Å². The highest BCUT2D eigenvalue weighted by atomic mass is 35.5. The Morgan fingerprint density at radius 3 is 2.53 bits per heavy atom. The monoisotopic (exact) mass is 252 g/mol. The minimum atomic E-state index is -0.812. The highest BCUT2D eigenvalue weighted by molar-refractivity contribution is 6.30. The number of hydrogen-bond acceptors (Lipinski definition) is 2. The second-order valence-electron chi connectivity index (χ2n) is 4.82. The molecule has 0 spiro atoms. The molecule has 0 radical (unpaired) electrons. The van der Waals surface area contributed by atoms with Crippen molar-refractivity contribution in [3.63, 3.8) is 0 Å². The number of nitrogens with one attached hydrogen (secondary N) is 1. The third-order valence-electron chi connectivity index (χ3n) is 3.36. The van der Waals surface area contributed by atoms with Crippen molar-refractivity contribution in [3.05, 3.63) is 34.9 Å². The summed E-state index contributed by atoms with van der Waals surface area (Å²) in [4.78, 5) is 11.7. The van der Waals surface area contributed by atoms with Gasteiger partial charge in [-0.1, -0.05) is 23.7 Å². The predicted molar refractivity (Wildman–Crippen MR) is 68.7 cm³/mol. The quantitative estimate of drug-likeness (QED) is 0.843. The summed E-state index contributed by atoms with van der Waals surface area (Å²) >= 11 is 5.84. The van der Waals surface area contributed by atoms with E-state index in [4.69, 9.17) is 17.3 Å². The molecule has 0 aromatic heterocycles. The van der Waals surface area contributed by atoms with Crippen molar-refractivity contribution in [1.82, 2.24) is 5.32 Å². The van der Waals surface area contributed by atoms with Gasteiger partial charge in [-0.05, 0) is 49.9 Å². The van der Waals surface area contributed by atoms with Crippen LogP contribution in [-0.2, 0) is 10.3 Å². The first kappa shape index (κ1) is 12.4. The number of nitrogens with two attached hydrogens (primary N) is 1. The zero-order chi connectivity index (χ0) is 12.5. The van der Waals surface area contributed by atoms with Gasteiger partial charge in [-0.2, -0.15) is 0 Å². The van der Waals surface area contributed by atoms with Crippen LogP contribution in [0.2, 0.25) is 5.02 Å². The average Bonchev–Trinajstić information content (AvgIpc) is 3.10. The Labute approximate surface area is 106 Å². The molecule has 1 saturated carbocycles. The van der Waals surface area contributed by atoms with E-state index < -0.39 is 5.54 Å². The highest BCUT2D eigenvalue weighted by Gasteiger charge is 2.34. The SMILES string of the molecule is CC(NCC1CC1)(C(N)=O)c1ccc(Cl)cc1. The molecule has 1 unspecified atom stereocenters. The molecule has 0 aliphatic heterocycles. The summed E-state index contributed by atoms with van der Waals surface area (Å²) in [6, 6.07) is 7.23. The molecule has 0 saturated heterocycles. The Kier molecular flexibility index (Phi) is 3.40. The van der Waals surface area contributed by atoms with E-state index in [1.54, 1.807) is 12.1 Å². The molecule has 1 aliphatic carbocycles. The molecule has 1 aliphatic rings. The van der Waals surface area contributed by atoms with E-state index in [2.05, 4.69) is 5.32 Å². The molecular formula is C13H17ClN2O. The molecule has 92 valence electrons. The number of carbonyl (C=O) groups is 1. The molecule has 2 rings (SSSR count). The third kappa shape index (κ3) is 2.79. The van der Waals surface area contributed by atoms with Crippen molar-refractivity contribution in [1.29, 1.82) is 0 Å². The Hall–Kier alpha value is -1.06. The van der Waals surface area contributed by atoms with E-state index in [1.165, 1.54) is 12.8 Å². The van der Waals surface area contributed by atoms with Gasteiger partial charge in [-0.3, -0.25) is 10.1 Å².